The number of phenolic OH excluding ortho intramolecular Hbond substituents is 2. The lowest BCUT2D eigenvalue weighted by Gasteiger charge is -2.32. The number of amides is 2. The third-order valence-corrected chi connectivity index (χ3v) is 3.66. The third-order valence-electron chi connectivity index (χ3n) is 3.42. The van der Waals surface area contributed by atoms with Gasteiger partial charge in [-0.15, -0.1) is 11.6 Å². The second kappa shape index (κ2) is 6.67. The Morgan fingerprint density at radius 3 is 2.29 bits per heavy atom. The van der Waals surface area contributed by atoms with Gasteiger partial charge in [0, 0.05) is 30.8 Å². The van der Waals surface area contributed by atoms with Gasteiger partial charge in [-0.1, -0.05) is 0 Å². The maximum atomic E-state index is 12.3. The minimum atomic E-state index is -0.247. The molecule has 2 amide bonds. The van der Waals surface area contributed by atoms with E-state index in [4.69, 9.17) is 11.6 Å². The summed E-state index contributed by atoms with van der Waals surface area (Å²) in [6.45, 7) is 1.00. The summed E-state index contributed by atoms with van der Waals surface area (Å²) in [5.41, 5.74) is 0.246. The molecule has 21 heavy (non-hydrogen) atoms. The van der Waals surface area contributed by atoms with Crippen LogP contribution in [-0.2, 0) is 4.79 Å². The largest absolute Gasteiger partial charge is 0.508 e. The van der Waals surface area contributed by atoms with Gasteiger partial charge < -0.3 is 20.4 Å². The topological polar surface area (TPSA) is 89.9 Å². The number of hydrogen-bond acceptors (Lipinski definition) is 4. The molecular formula is C14H17ClN2O4. The van der Waals surface area contributed by atoms with Gasteiger partial charge in [-0.25, -0.2) is 0 Å². The van der Waals surface area contributed by atoms with Crippen LogP contribution in [0.5, 0.6) is 11.5 Å². The molecule has 0 spiro atoms. The van der Waals surface area contributed by atoms with E-state index in [1.54, 1.807) is 4.90 Å². The first-order valence-electron chi connectivity index (χ1n) is 6.67. The molecule has 1 saturated heterocycles. The quantitative estimate of drug-likeness (QED) is 0.728. The molecule has 0 radical (unpaired) electrons. The van der Waals surface area contributed by atoms with Crippen LogP contribution in [0.2, 0.25) is 0 Å². The highest BCUT2D eigenvalue weighted by Crippen LogP contribution is 2.22. The number of carbonyl (C=O) groups is 2. The summed E-state index contributed by atoms with van der Waals surface area (Å²) >= 11 is 5.44. The zero-order valence-corrected chi connectivity index (χ0v) is 12.1. The molecule has 0 bridgehead atoms. The first kappa shape index (κ1) is 15.4. The van der Waals surface area contributed by atoms with Gasteiger partial charge in [-0.3, -0.25) is 9.59 Å². The Balaban J connectivity index is 1.95. The van der Waals surface area contributed by atoms with E-state index in [-0.39, 0.29) is 40.8 Å². The highest BCUT2D eigenvalue weighted by molar-refractivity contribution is 6.27. The number of carbonyl (C=O) groups excluding carboxylic acids is 2. The molecule has 0 unspecified atom stereocenters. The standard InChI is InChI=1S/C14H17ClN2O4/c15-8-13(20)16-10-1-3-17(4-2-10)14(21)9-5-11(18)7-12(19)6-9/h5-7,10,18-19H,1-4,8H2,(H,16,20). The second-order valence-corrected chi connectivity index (χ2v) is 5.27. The predicted molar refractivity (Wildman–Crippen MR) is 77.6 cm³/mol. The molecule has 1 aliphatic heterocycles. The van der Waals surface area contributed by atoms with Crippen LogP contribution in [0.15, 0.2) is 18.2 Å². The van der Waals surface area contributed by atoms with Crippen LogP contribution in [0.3, 0.4) is 0 Å². The number of alkyl halides is 1. The van der Waals surface area contributed by atoms with E-state index < -0.39 is 0 Å². The van der Waals surface area contributed by atoms with E-state index in [0.717, 1.165) is 0 Å². The van der Waals surface area contributed by atoms with E-state index in [0.29, 0.717) is 25.9 Å². The SMILES string of the molecule is O=C(CCl)NC1CCN(C(=O)c2cc(O)cc(O)c2)CC1. The van der Waals surface area contributed by atoms with Gasteiger partial charge in [-0.2, -0.15) is 0 Å². The van der Waals surface area contributed by atoms with Crippen molar-refractivity contribution in [3.63, 3.8) is 0 Å². The number of benzene rings is 1. The van der Waals surface area contributed by atoms with Crippen LogP contribution in [0, 0.1) is 0 Å². The lowest BCUT2D eigenvalue weighted by molar-refractivity contribution is -0.119. The molecule has 1 fully saturated rings. The Labute approximate surface area is 127 Å². The van der Waals surface area contributed by atoms with E-state index in [1.807, 2.05) is 0 Å². The van der Waals surface area contributed by atoms with Crippen molar-refractivity contribution < 1.29 is 19.8 Å². The summed E-state index contributed by atoms with van der Waals surface area (Å²) in [4.78, 5) is 25.1. The number of nitrogens with zero attached hydrogens (tertiary/aromatic N) is 1. The highest BCUT2D eigenvalue weighted by atomic mass is 35.5. The molecule has 0 aromatic heterocycles. The van der Waals surface area contributed by atoms with Crippen molar-refractivity contribution in [2.75, 3.05) is 19.0 Å². The third kappa shape index (κ3) is 4.01. The van der Waals surface area contributed by atoms with E-state index >= 15 is 0 Å². The molecule has 0 atom stereocenters. The highest BCUT2D eigenvalue weighted by Gasteiger charge is 2.24. The van der Waals surface area contributed by atoms with E-state index in [2.05, 4.69) is 5.32 Å². The van der Waals surface area contributed by atoms with Gasteiger partial charge in [0.1, 0.15) is 17.4 Å². The lowest BCUT2D eigenvalue weighted by atomic mass is 10.0. The average Bonchev–Trinajstić information content (AvgIpc) is 2.46. The Hall–Kier alpha value is -1.95. The number of halogens is 1. The molecule has 1 aromatic rings. The normalized spacial score (nSPS) is 15.8. The minimum Gasteiger partial charge on any atom is -0.508 e. The molecule has 0 aliphatic carbocycles. The number of likely N-dealkylation sites (tertiary alicyclic amines) is 1. The Bertz CT molecular complexity index is 522. The van der Waals surface area contributed by atoms with Crippen LogP contribution in [0.1, 0.15) is 23.2 Å². The maximum absolute atomic E-state index is 12.3. The monoisotopic (exact) mass is 312 g/mol. The van der Waals surface area contributed by atoms with Crippen molar-refractivity contribution >= 4 is 23.4 Å². The Morgan fingerprint density at radius 2 is 1.76 bits per heavy atom. The molecule has 1 aliphatic rings. The molecular weight excluding hydrogens is 296 g/mol. The van der Waals surface area contributed by atoms with E-state index in [9.17, 15) is 19.8 Å². The number of piperidine rings is 1. The maximum Gasteiger partial charge on any atom is 0.254 e. The average molecular weight is 313 g/mol. The first-order valence-corrected chi connectivity index (χ1v) is 7.20. The van der Waals surface area contributed by atoms with Gasteiger partial charge in [-0.05, 0) is 25.0 Å². The second-order valence-electron chi connectivity index (χ2n) is 5.01. The van der Waals surface area contributed by atoms with Crippen molar-refractivity contribution in [3.05, 3.63) is 23.8 Å². The van der Waals surface area contributed by atoms with Crippen LogP contribution in [-0.4, -0.2) is 51.9 Å². The van der Waals surface area contributed by atoms with Crippen molar-refractivity contribution in [2.24, 2.45) is 0 Å². The van der Waals surface area contributed by atoms with Crippen LogP contribution in [0.25, 0.3) is 0 Å². The Kier molecular flexibility index (Phi) is 4.90. The molecule has 1 aromatic carbocycles. The van der Waals surface area contributed by atoms with Crippen molar-refractivity contribution in [1.29, 1.82) is 0 Å². The van der Waals surface area contributed by atoms with Crippen LogP contribution >= 0.6 is 11.6 Å². The Morgan fingerprint density at radius 1 is 1.19 bits per heavy atom. The predicted octanol–water partition coefficient (Wildman–Crippen LogP) is 1.06. The molecule has 1 heterocycles. The molecule has 114 valence electrons. The van der Waals surface area contributed by atoms with Gasteiger partial charge in [0.25, 0.3) is 5.91 Å². The number of nitrogens with one attached hydrogen (secondary N) is 1. The zero-order chi connectivity index (χ0) is 15.4. The number of aromatic hydroxyl groups is 2. The van der Waals surface area contributed by atoms with Crippen molar-refractivity contribution in [2.45, 2.75) is 18.9 Å². The summed E-state index contributed by atoms with van der Waals surface area (Å²) in [6, 6.07) is 3.84. The van der Waals surface area contributed by atoms with Gasteiger partial charge in [0.05, 0.1) is 0 Å². The molecule has 6 nitrogen and oxygen atoms in total. The summed E-state index contributed by atoms with van der Waals surface area (Å²) in [7, 11) is 0. The minimum absolute atomic E-state index is 0.0258. The summed E-state index contributed by atoms with van der Waals surface area (Å²) in [5, 5.41) is 21.6. The number of hydrogen-bond donors (Lipinski definition) is 3. The van der Waals surface area contributed by atoms with Gasteiger partial charge in [0.2, 0.25) is 5.91 Å². The molecule has 0 saturated carbocycles. The number of phenols is 2. The van der Waals surface area contributed by atoms with Crippen LogP contribution < -0.4 is 5.32 Å². The van der Waals surface area contributed by atoms with Crippen molar-refractivity contribution in [1.82, 2.24) is 10.2 Å². The smallest absolute Gasteiger partial charge is 0.254 e. The summed E-state index contributed by atoms with van der Waals surface area (Å²) in [6.07, 6.45) is 1.30. The molecule has 2 rings (SSSR count). The van der Waals surface area contributed by atoms with Gasteiger partial charge in [0.15, 0.2) is 0 Å². The molecule has 3 N–H and O–H groups in total. The fourth-order valence-electron chi connectivity index (χ4n) is 2.39. The van der Waals surface area contributed by atoms with E-state index in [1.165, 1.54) is 18.2 Å². The van der Waals surface area contributed by atoms with Crippen molar-refractivity contribution in [3.8, 4) is 11.5 Å². The summed E-state index contributed by atoms with van der Waals surface area (Å²) in [5.74, 6) is -0.824. The zero-order valence-electron chi connectivity index (χ0n) is 11.4. The molecule has 7 heteroatoms. The lowest BCUT2D eigenvalue weighted by Crippen LogP contribution is -2.46. The van der Waals surface area contributed by atoms with Crippen LogP contribution in [0.4, 0.5) is 0 Å². The fraction of sp³-hybridized carbons (Fsp3) is 0.429. The summed E-state index contributed by atoms with van der Waals surface area (Å²) < 4.78 is 0. The first-order chi connectivity index (χ1) is 9.99. The number of rotatable bonds is 3. The van der Waals surface area contributed by atoms with Gasteiger partial charge >= 0.3 is 0 Å². The fourth-order valence-corrected chi connectivity index (χ4v) is 2.47.